The van der Waals surface area contributed by atoms with Gasteiger partial charge < -0.3 is 10.3 Å². The molecular formula is C27H26N6O2. The van der Waals surface area contributed by atoms with Crippen LogP contribution in [0.3, 0.4) is 0 Å². The van der Waals surface area contributed by atoms with Crippen LogP contribution in [0.15, 0.2) is 83.7 Å². The molecule has 0 saturated heterocycles. The van der Waals surface area contributed by atoms with Crippen LogP contribution in [0, 0.1) is 0 Å². The number of hydrogen-bond donors (Lipinski definition) is 2. The molecule has 176 valence electrons. The molecule has 0 bridgehead atoms. The van der Waals surface area contributed by atoms with Crippen molar-refractivity contribution >= 4 is 27.8 Å². The molecule has 0 aliphatic rings. The SMILES string of the molecule is O=C(CCCCCn1nnc2ccccc2c1=O)N[C@H](c1ccccc1)c1nc2ccccc2[nH]1. The monoisotopic (exact) mass is 466 g/mol. The first-order valence-electron chi connectivity index (χ1n) is 11.8. The van der Waals surface area contributed by atoms with E-state index in [1.165, 1.54) is 4.68 Å². The van der Waals surface area contributed by atoms with Gasteiger partial charge in [0.1, 0.15) is 17.4 Å². The minimum atomic E-state index is -0.359. The van der Waals surface area contributed by atoms with E-state index in [9.17, 15) is 9.59 Å². The lowest BCUT2D eigenvalue weighted by Crippen LogP contribution is -2.30. The van der Waals surface area contributed by atoms with Crippen LogP contribution in [0.4, 0.5) is 0 Å². The highest BCUT2D eigenvalue weighted by Crippen LogP contribution is 2.22. The van der Waals surface area contributed by atoms with E-state index >= 15 is 0 Å². The summed E-state index contributed by atoms with van der Waals surface area (Å²) in [6, 6.07) is 24.5. The van der Waals surface area contributed by atoms with Crippen molar-refractivity contribution in [1.82, 2.24) is 30.3 Å². The van der Waals surface area contributed by atoms with Gasteiger partial charge in [0.25, 0.3) is 5.56 Å². The van der Waals surface area contributed by atoms with Crippen LogP contribution in [0.25, 0.3) is 21.9 Å². The number of carbonyl (C=O) groups is 1. The van der Waals surface area contributed by atoms with Crippen molar-refractivity contribution < 1.29 is 4.79 Å². The molecule has 0 unspecified atom stereocenters. The Kier molecular flexibility index (Phi) is 6.61. The highest BCUT2D eigenvalue weighted by Gasteiger charge is 2.20. The molecule has 0 fully saturated rings. The first kappa shape index (κ1) is 22.5. The van der Waals surface area contributed by atoms with Gasteiger partial charge in [-0.15, -0.1) is 5.10 Å². The fourth-order valence-electron chi connectivity index (χ4n) is 4.19. The number of imidazole rings is 1. The van der Waals surface area contributed by atoms with Gasteiger partial charge in [-0.2, -0.15) is 0 Å². The molecule has 0 spiro atoms. The van der Waals surface area contributed by atoms with Gasteiger partial charge >= 0.3 is 0 Å². The third-order valence-electron chi connectivity index (χ3n) is 6.02. The van der Waals surface area contributed by atoms with Crippen molar-refractivity contribution in [1.29, 1.82) is 0 Å². The largest absolute Gasteiger partial charge is 0.342 e. The van der Waals surface area contributed by atoms with Crippen molar-refractivity contribution in [2.45, 2.75) is 38.3 Å². The van der Waals surface area contributed by atoms with Crippen molar-refractivity contribution in [3.63, 3.8) is 0 Å². The smallest absolute Gasteiger partial charge is 0.277 e. The molecule has 8 heteroatoms. The predicted molar refractivity (Wildman–Crippen MR) is 135 cm³/mol. The van der Waals surface area contributed by atoms with Crippen molar-refractivity contribution in [2.24, 2.45) is 0 Å². The summed E-state index contributed by atoms with van der Waals surface area (Å²) >= 11 is 0. The molecule has 1 atom stereocenters. The van der Waals surface area contributed by atoms with E-state index in [-0.39, 0.29) is 17.5 Å². The Hall–Kier alpha value is -4.33. The number of rotatable bonds is 9. The van der Waals surface area contributed by atoms with Crippen molar-refractivity contribution in [3.8, 4) is 0 Å². The summed E-state index contributed by atoms with van der Waals surface area (Å²) in [6.07, 6.45) is 2.64. The third-order valence-corrected chi connectivity index (χ3v) is 6.02. The van der Waals surface area contributed by atoms with Crippen LogP contribution in [0.1, 0.15) is 43.1 Å². The lowest BCUT2D eigenvalue weighted by atomic mass is 10.1. The van der Waals surface area contributed by atoms with Crippen LogP contribution in [-0.2, 0) is 11.3 Å². The first-order chi connectivity index (χ1) is 17.2. The molecule has 5 rings (SSSR count). The summed E-state index contributed by atoms with van der Waals surface area (Å²) in [5, 5.41) is 11.9. The van der Waals surface area contributed by atoms with Gasteiger partial charge in [-0.05, 0) is 42.7 Å². The summed E-state index contributed by atoms with van der Waals surface area (Å²) in [6.45, 7) is 0.476. The Bertz CT molecular complexity index is 1480. The second-order valence-corrected chi connectivity index (χ2v) is 8.50. The van der Waals surface area contributed by atoms with E-state index in [1.54, 1.807) is 12.1 Å². The average molecular weight is 467 g/mol. The molecule has 0 aliphatic heterocycles. The molecular weight excluding hydrogens is 440 g/mol. The zero-order chi connectivity index (χ0) is 24.0. The van der Waals surface area contributed by atoms with Gasteiger partial charge in [-0.1, -0.05) is 66.2 Å². The molecule has 0 saturated carbocycles. The number of aryl methyl sites for hydroxylation is 1. The summed E-state index contributed by atoms with van der Waals surface area (Å²) in [7, 11) is 0. The second-order valence-electron chi connectivity index (χ2n) is 8.50. The van der Waals surface area contributed by atoms with Crippen LogP contribution < -0.4 is 10.9 Å². The number of fused-ring (bicyclic) bond motifs is 2. The molecule has 2 N–H and O–H groups in total. The molecule has 2 heterocycles. The Morgan fingerprint density at radius 2 is 1.63 bits per heavy atom. The summed E-state index contributed by atoms with van der Waals surface area (Å²) < 4.78 is 1.40. The number of hydrogen-bond acceptors (Lipinski definition) is 5. The number of H-pyrrole nitrogens is 1. The van der Waals surface area contributed by atoms with Crippen LogP contribution >= 0.6 is 0 Å². The quantitative estimate of drug-likeness (QED) is 0.318. The zero-order valence-corrected chi connectivity index (χ0v) is 19.2. The number of carbonyl (C=O) groups excluding carboxylic acids is 1. The predicted octanol–water partition coefficient (Wildman–Crippen LogP) is 4.13. The van der Waals surface area contributed by atoms with Gasteiger partial charge in [-0.3, -0.25) is 9.59 Å². The van der Waals surface area contributed by atoms with Crippen LogP contribution in [0.5, 0.6) is 0 Å². The summed E-state index contributed by atoms with van der Waals surface area (Å²) in [5.74, 6) is 0.668. The van der Waals surface area contributed by atoms with Gasteiger partial charge in [0.05, 0.1) is 16.4 Å². The maximum absolute atomic E-state index is 12.8. The second kappa shape index (κ2) is 10.3. The first-order valence-corrected chi connectivity index (χ1v) is 11.8. The lowest BCUT2D eigenvalue weighted by Gasteiger charge is -2.17. The minimum absolute atomic E-state index is 0.0398. The van der Waals surface area contributed by atoms with Gasteiger partial charge in [-0.25, -0.2) is 9.67 Å². The third kappa shape index (κ3) is 5.11. The number of nitrogens with zero attached hydrogens (tertiary/aromatic N) is 4. The molecule has 0 radical (unpaired) electrons. The standard InChI is InChI=1S/C27H26N6O2/c34-24(17-5-2-10-18-33-27(35)20-13-6-7-14-21(20)31-32-33)30-25(19-11-3-1-4-12-19)26-28-22-15-8-9-16-23(22)29-26/h1,3-4,6-9,11-16,25H,2,5,10,17-18H2,(H,28,29)(H,30,34)/t25-/m1/s1. The maximum atomic E-state index is 12.8. The lowest BCUT2D eigenvalue weighted by molar-refractivity contribution is -0.121. The molecule has 35 heavy (non-hydrogen) atoms. The van der Waals surface area contributed by atoms with Crippen LogP contribution in [-0.4, -0.2) is 30.9 Å². The van der Waals surface area contributed by atoms with Crippen molar-refractivity contribution in [2.75, 3.05) is 0 Å². The molecule has 2 aromatic heterocycles. The topological polar surface area (TPSA) is 106 Å². The molecule has 0 aliphatic carbocycles. The average Bonchev–Trinajstić information content (AvgIpc) is 3.33. The Morgan fingerprint density at radius 1 is 0.886 bits per heavy atom. The number of unbranched alkanes of at least 4 members (excludes halogenated alkanes) is 2. The van der Waals surface area contributed by atoms with E-state index in [4.69, 9.17) is 4.98 Å². The Morgan fingerprint density at radius 3 is 2.46 bits per heavy atom. The fourth-order valence-corrected chi connectivity index (χ4v) is 4.19. The highest BCUT2D eigenvalue weighted by atomic mass is 16.1. The van der Waals surface area contributed by atoms with E-state index in [1.807, 2.05) is 66.7 Å². The fraction of sp³-hybridized carbons (Fsp3) is 0.222. The van der Waals surface area contributed by atoms with E-state index in [0.717, 1.165) is 29.4 Å². The van der Waals surface area contributed by atoms with E-state index in [2.05, 4.69) is 20.6 Å². The summed E-state index contributed by atoms with van der Waals surface area (Å²) in [4.78, 5) is 33.4. The number of nitrogens with one attached hydrogen (secondary N) is 2. The molecule has 1 amide bonds. The molecule has 5 aromatic rings. The number of aromatic nitrogens is 5. The molecule has 3 aromatic carbocycles. The van der Waals surface area contributed by atoms with Crippen molar-refractivity contribution in [3.05, 3.63) is 101 Å². The number of para-hydroxylation sites is 2. The number of aromatic amines is 1. The van der Waals surface area contributed by atoms with Gasteiger partial charge in [0.2, 0.25) is 5.91 Å². The van der Waals surface area contributed by atoms with Crippen LogP contribution in [0.2, 0.25) is 0 Å². The number of benzene rings is 3. The maximum Gasteiger partial charge on any atom is 0.277 e. The molecule has 8 nitrogen and oxygen atoms in total. The van der Waals surface area contributed by atoms with Gasteiger partial charge in [0, 0.05) is 13.0 Å². The Labute approximate surface area is 202 Å². The highest BCUT2D eigenvalue weighted by molar-refractivity contribution is 5.78. The van der Waals surface area contributed by atoms with Gasteiger partial charge in [0.15, 0.2) is 0 Å². The van der Waals surface area contributed by atoms with E-state index in [0.29, 0.717) is 36.1 Å². The minimum Gasteiger partial charge on any atom is -0.342 e. The normalized spacial score (nSPS) is 12.1. The zero-order valence-electron chi connectivity index (χ0n) is 19.2. The van der Waals surface area contributed by atoms with E-state index < -0.39 is 0 Å². The number of amides is 1. The summed E-state index contributed by atoms with van der Waals surface area (Å²) in [5.41, 5.74) is 3.23. The Balaban J connectivity index is 1.18.